The summed E-state index contributed by atoms with van der Waals surface area (Å²) in [6.45, 7) is 0.699. The van der Waals surface area contributed by atoms with E-state index in [1.54, 1.807) is 18.2 Å². The van der Waals surface area contributed by atoms with Gasteiger partial charge in [0, 0.05) is 23.8 Å². The predicted octanol–water partition coefficient (Wildman–Crippen LogP) is 3.83. The largest absolute Gasteiger partial charge is 0.324 e. The Labute approximate surface area is 215 Å². The van der Waals surface area contributed by atoms with Gasteiger partial charge in [0.1, 0.15) is 6.33 Å². The summed E-state index contributed by atoms with van der Waals surface area (Å²) in [4.78, 5) is 15.0. The monoisotopic (exact) mass is 514 g/mol. The molecule has 2 aromatic heterocycles. The van der Waals surface area contributed by atoms with Crippen LogP contribution in [0.4, 0.5) is 23.3 Å². The van der Waals surface area contributed by atoms with Crippen molar-refractivity contribution in [1.29, 1.82) is 0 Å². The molecule has 10 nitrogen and oxygen atoms in total. The first-order valence-corrected chi connectivity index (χ1v) is 13.2. The zero-order chi connectivity index (χ0) is 25.8. The van der Waals surface area contributed by atoms with Crippen molar-refractivity contribution >= 4 is 44.2 Å². The molecule has 0 unspecified atom stereocenters. The number of hydrogen-bond donors (Lipinski definition) is 2. The first-order chi connectivity index (χ1) is 17.9. The molecule has 5 rings (SSSR count). The molecule has 5 aromatic rings. The molecule has 0 amide bonds. The molecule has 188 valence electrons. The second-order valence-corrected chi connectivity index (χ2v) is 10.4. The van der Waals surface area contributed by atoms with Gasteiger partial charge in [-0.25, -0.2) is 23.1 Å². The van der Waals surface area contributed by atoms with Gasteiger partial charge in [-0.3, -0.25) is 4.68 Å². The van der Waals surface area contributed by atoms with Gasteiger partial charge in [-0.05, 0) is 48.5 Å². The predicted molar refractivity (Wildman–Crippen MR) is 145 cm³/mol. The molecule has 0 aliphatic heterocycles. The van der Waals surface area contributed by atoms with Gasteiger partial charge in [0.25, 0.3) is 0 Å². The van der Waals surface area contributed by atoms with Gasteiger partial charge in [0.2, 0.25) is 21.9 Å². The number of benzene rings is 3. The van der Waals surface area contributed by atoms with E-state index in [-0.39, 0.29) is 5.75 Å². The van der Waals surface area contributed by atoms with Gasteiger partial charge in [-0.15, -0.1) is 0 Å². The Kier molecular flexibility index (Phi) is 6.80. The molecule has 0 aliphatic carbocycles. The summed E-state index contributed by atoms with van der Waals surface area (Å²) in [5.41, 5.74) is 4.46. The van der Waals surface area contributed by atoms with Crippen LogP contribution in [0, 0.1) is 0 Å². The molecule has 0 aliphatic rings. The summed E-state index contributed by atoms with van der Waals surface area (Å²) in [7, 11) is -0.0882. The lowest BCUT2D eigenvalue weighted by atomic mass is 10.2. The van der Waals surface area contributed by atoms with E-state index in [9.17, 15) is 8.42 Å². The van der Waals surface area contributed by atoms with E-state index in [0.717, 1.165) is 16.6 Å². The normalized spacial score (nSPS) is 11.5. The summed E-state index contributed by atoms with van der Waals surface area (Å²) >= 11 is 0. The smallest absolute Gasteiger partial charge is 0.234 e. The zero-order valence-electron chi connectivity index (χ0n) is 20.4. The van der Waals surface area contributed by atoms with Crippen LogP contribution < -0.4 is 14.9 Å². The molecule has 11 heteroatoms. The standard InChI is InChI=1S/C26H26N8O2S/c1-27-37(35,36)17-20-9-6-10-22(13-20)31-25-28-18-29-26(32-25)33(2)23-11-12-24-21(14-23)15-30-34(24)16-19-7-4-3-5-8-19/h3-15,18,27H,16-17H2,1-2H3,(H,28,29,31,32). The van der Waals surface area contributed by atoms with E-state index in [4.69, 9.17) is 0 Å². The first-order valence-electron chi connectivity index (χ1n) is 11.6. The average Bonchev–Trinajstić information content (AvgIpc) is 3.31. The molecule has 0 atom stereocenters. The molecule has 3 aromatic carbocycles. The molecule has 0 saturated heterocycles. The van der Waals surface area contributed by atoms with Crippen LogP contribution in [-0.2, 0) is 22.3 Å². The number of rotatable bonds is 9. The number of hydrogen-bond acceptors (Lipinski definition) is 8. The van der Waals surface area contributed by atoms with Crippen LogP contribution in [-0.4, -0.2) is 47.2 Å². The Morgan fingerprint density at radius 2 is 1.76 bits per heavy atom. The van der Waals surface area contributed by atoms with E-state index in [0.29, 0.717) is 29.7 Å². The quantitative estimate of drug-likeness (QED) is 0.305. The maximum atomic E-state index is 11.9. The van der Waals surface area contributed by atoms with Crippen LogP contribution in [0.2, 0.25) is 0 Å². The van der Waals surface area contributed by atoms with Gasteiger partial charge in [-0.1, -0.05) is 42.5 Å². The molecule has 37 heavy (non-hydrogen) atoms. The Balaban J connectivity index is 1.33. The van der Waals surface area contributed by atoms with Gasteiger partial charge >= 0.3 is 0 Å². The molecule has 0 radical (unpaired) electrons. The summed E-state index contributed by atoms with van der Waals surface area (Å²) in [6, 6.07) is 23.4. The maximum Gasteiger partial charge on any atom is 0.234 e. The number of nitrogens with one attached hydrogen (secondary N) is 2. The average molecular weight is 515 g/mol. The van der Waals surface area contributed by atoms with Crippen LogP contribution in [0.1, 0.15) is 11.1 Å². The zero-order valence-corrected chi connectivity index (χ0v) is 21.2. The number of sulfonamides is 1. The van der Waals surface area contributed by atoms with E-state index in [2.05, 4.69) is 42.2 Å². The first kappa shape index (κ1) is 24.3. The van der Waals surface area contributed by atoms with E-state index >= 15 is 0 Å². The number of aromatic nitrogens is 5. The summed E-state index contributed by atoms with van der Waals surface area (Å²) in [6.07, 6.45) is 3.30. The molecule has 2 N–H and O–H groups in total. The Morgan fingerprint density at radius 1 is 0.946 bits per heavy atom. The van der Waals surface area contributed by atoms with Crippen molar-refractivity contribution in [2.75, 3.05) is 24.3 Å². The van der Waals surface area contributed by atoms with Crippen LogP contribution in [0.15, 0.2) is 85.3 Å². The molecule has 0 saturated carbocycles. The van der Waals surface area contributed by atoms with Crippen molar-refractivity contribution in [2.24, 2.45) is 0 Å². The minimum atomic E-state index is -3.37. The van der Waals surface area contributed by atoms with E-state index < -0.39 is 10.0 Å². The fourth-order valence-electron chi connectivity index (χ4n) is 3.95. The van der Waals surface area contributed by atoms with Crippen LogP contribution in [0.3, 0.4) is 0 Å². The molecule has 0 fully saturated rings. The summed E-state index contributed by atoms with van der Waals surface area (Å²) in [5.74, 6) is 0.693. The Bertz CT molecular complexity index is 1640. The lowest BCUT2D eigenvalue weighted by Gasteiger charge is -2.18. The van der Waals surface area contributed by atoms with Gasteiger partial charge < -0.3 is 10.2 Å². The maximum absolute atomic E-state index is 11.9. The van der Waals surface area contributed by atoms with Crippen molar-refractivity contribution < 1.29 is 8.42 Å². The SMILES string of the molecule is CNS(=O)(=O)Cc1cccc(Nc2ncnc(N(C)c3ccc4c(cnn4Cc4ccccc4)c3)n2)c1. The second kappa shape index (κ2) is 10.3. The molecular formula is C26H26N8O2S. The summed E-state index contributed by atoms with van der Waals surface area (Å²) in [5, 5.41) is 8.71. The molecule has 0 spiro atoms. The van der Waals surface area contributed by atoms with Crippen LogP contribution in [0.25, 0.3) is 10.9 Å². The molecular weight excluding hydrogens is 488 g/mol. The fourth-order valence-corrected chi connectivity index (χ4v) is 4.71. The Morgan fingerprint density at radius 3 is 2.57 bits per heavy atom. The highest BCUT2D eigenvalue weighted by Gasteiger charge is 2.13. The highest BCUT2D eigenvalue weighted by atomic mass is 32.2. The minimum absolute atomic E-state index is 0.116. The van der Waals surface area contributed by atoms with Crippen molar-refractivity contribution in [3.63, 3.8) is 0 Å². The molecule has 2 heterocycles. The van der Waals surface area contributed by atoms with E-state index in [1.165, 1.54) is 18.9 Å². The minimum Gasteiger partial charge on any atom is -0.324 e. The Hall–Kier alpha value is -4.35. The third kappa shape index (κ3) is 5.74. The number of fused-ring (bicyclic) bond motifs is 1. The van der Waals surface area contributed by atoms with Crippen LogP contribution >= 0.6 is 0 Å². The van der Waals surface area contributed by atoms with Crippen molar-refractivity contribution in [3.05, 3.63) is 96.4 Å². The highest BCUT2D eigenvalue weighted by molar-refractivity contribution is 7.88. The van der Waals surface area contributed by atoms with Gasteiger partial charge in [0.15, 0.2) is 0 Å². The third-order valence-corrected chi connectivity index (χ3v) is 7.23. The van der Waals surface area contributed by atoms with E-state index in [1.807, 2.05) is 65.3 Å². The topological polar surface area (TPSA) is 118 Å². The lowest BCUT2D eigenvalue weighted by molar-refractivity contribution is 0.587. The number of anilines is 4. The lowest BCUT2D eigenvalue weighted by Crippen LogP contribution is -2.20. The van der Waals surface area contributed by atoms with Gasteiger partial charge in [0.05, 0.1) is 24.0 Å². The molecule has 0 bridgehead atoms. The van der Waals surface area contributed by atoms with Crippen LogP contribution in [0.5, 0.6) is 0 Å². The second-order valence-electron chi connectivity index (χ2n) is 8.49. The fraction of sp³-hybridized carbons (Fsp3) is 0.154. The summed E-state index contributed by atoms with van der Waals surface area (Å²) < 4.78 is 28.1. The third-order valence-electron chi connectivity index (χ3n) is 5.90. The number of nitrogens with zero attached hydrogens (tertiary/aromatic N) is 6. The van der Waals surface area contributed by atoms with Gasteiger partial charge in [-0.2, -0.15) is 10.1 Å². The van der Waals surface area contributed by atoms with Crippen molar-refractivity contribution in [2.45, 2.75) is 12.3 Å². The van der Waals surface area contributed by atoms with Crippen molar-refractivity contribution in [1.82, 2.24) is 29.5 Å². The highest BCUT2D eigenvalue weighted by Crippen LogP contribution is 2.26. The van der Waals surface area contributed by atoms with Crippen molar-refractivity contribution in [3.8, 4) is 0 Å².